The quantitative estimate of drug-likeness (QED) is 0.325. The lowest BCUT2D eigenvalue weighted by Gasteiger charge is -2.19. The molecule has 0 aromatic heterocycles. The molecule has 0 unspecified atom stereocenters. The molecular formula is C21H24N2O7. The Morgan fingerprint density at radius 1 is 0.800 bits per heavy atom. The molecule has 2 aromatic carbocycles. The first-order valence-corrected chi connectivity index (χ1v) is 9.45. The summed E-state index contributed by atoms with van der Waals surface area (Å²) in [7, 11) is 0. The number of ketones is 1. The molecule has 0 spiro atoms. The fourth-order valence-electron chi connectivity index (χ4n) is 2.95. The van der Waals surface area contributed by atoms with Gasteiger partial charge in [0.1, 0.15) is 11.5 Å². The largest absolute Gasteiger partial charge is 0.490 e. The zero-order chi connectivity index (χ0) is 22.4. The Bertz CT molecular complexity index is 879. The minimum absolute atomic E-state index is 0.129. The SMILES string of the molecule is CC(C)Oc1c(C[N+](=O)[O-])cccc1C(=O)c1cccc(C[N+](=O)[O-])c1OC(C)C. The van der Waals surface area contributed by atoms with E-state index in [0.717, 1.165) is 0 Å². The summed E-state index contributed by atoms with van der Waals surface area (Å²) in [6.45, 7) is 6.01. The lowest BCUT2D eigenvalue weighted by atomic mass is 9.97. The van der Waals surface area contributed by atoms with Crippen LogP contribution in [-0.4, -0.2) is 27.8 Å². The number of para-hydroxylation sites is 2. The number of hydrogen-bond acceptors (Lipinski definition) is 7. The van der Waals surface area contributed by atoms with E-state index in [1.54, 1.807) is 39.8 Å². The zero-order valence-electron chi connectivity index (χ0n) is 17.3. The van der Waals surface area contributed by atoms with Crippen molar-refractivity contribution >= 4 is 5.78 Å². The van der Waals surface area contributed by atoms with Crippen molar-refractivity contribution in [1.82, 2.24) is 0 Å². The topological polar surface area (TPSA) is 122 Å². The maximum absolute atomic E-state index is 13.4. The van der Waals surface area contributed by atoms with Gasteiger partial charge in [-0.1, -0.05) is 12.1 Å². The number of nitro groups is 2. The van der Waals surface area contributed by atoms with Gasteiger partial charge in [0.25, 0.3) is 0 Å². The molecular weight excluding hydrogens is 392 g/mol. The molecule has 0 atom stereocenters. The highest BCUT2D eigenvalue weighted by Gasteiger charge is 2.26. The van der Waals surface area contributed by atoms with E-state index in [1.165, 1.54) is 24.3 Å². The van der Waals surface area contributed by atoms with Crippen LogP contribution in [-0.2, 0) is 13.1 Å². The van der Waals surface area contributed by atoms with Crippen molar-refractivity contribution in [3.8, 4) is 11.5 Å². The van der Waals surface area contributed by atoms with Crippen LogP contribution in [0.15, 0.2) is 36.4 Å². The number of nitrogens with zero attached hydrogens (tertiary/aromatic N) is 2. The average Bonchev–Trinajstić information content (AvgIpc) is 2.62. The monoisotopic (exact) mass is 416 g/mol. The van der Waals surface area contributed by atoms with Gasteiger partial charge < -0.3 is 9.47 Å². The Balaban J connectivity index is 2.64. The lowest BCUT2D eigenvalue weighted by molar-refractivity contribution is -0.497. The van der Waals surface area contributed by atoms with Gasteiger partial charge in [0.05, 0.1) is 34.5 Å². The normalized spacial score (nSPS) is 10.9. The molecule has 0 fully saturated rings. The maximum atomic E-state index is 13.4. The van der Waals surface area contributed by atoms with Gasteiger partial charge in [0.15, 0.2) is 0 Å². The molecule has 0 aliphatic rings. The van der Waals surface area contributed by atoms with Crippen LogP contribution in [0.2, 0.25) is 0 Å². The lowest BCUT2D eigenvalue weighted by Crippen LogP contribution is -2.17. The summed E-state index contributed by atoms with van der Waals surface area (Å²) in [6, 6.07) is 9.19. The first-order valence-electron chi connectivity index (χ1n) is 9.45. The van der Waals surface area contributed by atoms with Crippen LogP contribution in [0, 0.1) is 20.2 Å². The van der Waals surface area contributed by atoms with Gasteiger partial charge in [-0.15, -0.1) is 0 Å². The zero-order valence-corrected chi connectivity index (χ0v) is 17.3. The van der Waals surface area contributed by atoms with Crippen LogP contribution in [0.5, 0.6) is 11.5 Å². The van der Waals surface area contributed by atoms with Crippen molar-refractivity contribution in [1.29, 1.82) is 0 Å². The Morgan fingerprint density at radius 3 is 1.47 bits per heavy atom. The second-order valence-corrected chi connectivity index (χ2v) is 7.23. The highest BCUT2D eigenvalue weighted by molar-refractivity contribution is 6.12. The molecule has 9 heteroatoms. The summed E-state index contributed by atoms with van der Waals surface area (Å²) in [6.07, 6.45) is -0.645. The minimum atomic E-state index is -0.500. The predicted molar refractivity (Wildman–Crippen MR) is 109 cm³/mol. The summed E-state index contributed by atoms with van der Waals surface area (Å²) in [4.78, 5) is 34.6. The van der Waals surface area contributed by atoms with Crippen LogP contribution in [0.25, 0.3) is 0 Å². The van der Waals surface area contributed by atoms with Crippen LogP contribution in [0.4, 0.5) is 0 Å². The van der Waals surface area contributed by atoms with Gasteiger partial charge in [-0.3, -0.25) is 25.0 Å². The fourth-order valence-corrected chi connectivity index (χ4v) is 2.95. The van der Waals surface area contributed by atoms with E-state index in [9.17, 15) is 25.0 Å². The number of ether oxygens (including phenoxy) is 2. The Morgan fingerprint density at radius 2 is 1.17 bits per heavy atom. The van der Waals surface area contributed by atoms with Crippen LogP contribution in [0.3, 0.4) is 0 Å². The van der Waals surface area contributed by atoms with E-state index in [1.807, 2.05) is 0 Å². The van der Waals surface area contributed by atoms with Gasteiger partial charge >= 0.3 is 0 Å². The van der Waals surface area contributed by atoms with Crippen molar-refractivity contribution < 1.29 is 24.1 Å². The Kier molecular flexibility index (Phi) is 7.46. The Hall–Kier alpha value is -3.49. The van der Waals surface area contributed by atoms with Gasteiger partial charge in [-0.25, -0.2) is 0 Å². The third-order valence-electron chi connectivity index (χ3n) is 3.99. The first kappa shape index (κ1) is 22.8. The van der Waals surface area contributed by atoms with Crippen LogP contribution < -0.4 is 9.47 Å². The molecule has 2 rings (SSSR count). The summed E-state index contributed by atoms with van der Waals surface area (Å²) >= 11 is 0. The van der Waals surface area contributed by atoms with Crippen molar-refractivity contribution in [3.05, 3.63) is 78.9 Å². The van der Waals surface area contributed by atoms with E-state index in [-0.39, 0.29) is 46.0 Å². The summed E-state index contributed by atoms with van der Waals surface area (Å²) in [5, 5.41) is 22.1. The first-order chi connectivity index (χ1) is 14.1. The molecule has 160 valence electrons. The van der Waals surface area contributed by atoms with Crippen molar-refractivity contribution in [3.63, 3.8) is 0 Å². The molecule has 0 heterocycles. The van der Waals surface area contributed by atoms with E-state index in [2.05, 4.69) is 0 Å². The number of rotatable bonds is 10. The summed E-state index contributed by atoms with van der Waals surface area (Å²) in [5.41, 5.74) is 0.810. The number of carbonyl (C=O) groups is 1. The van der Waals surface area contributed by atoms with Crippen LogP contribution >= 0.6 is 0 Å². The van der Waals surface area contributed by atoms with Crippen molar-refractivity contribution in [2.24, 2.45) is 0 Å². The van der Waals surface area contributed by atoms with Gasteiger partial charge in [0, 0.05) is 9.85 Å². The van der Waals surface area contributed by atoms with Crippen molar-refractivity contribution in [2.75, 3.05) is 0 Å². The van der Waals surface area contributed by atoms with Gasteiger partial charge in [-0.2, -0.15) is 0 Å². The number of hydrogen-bond donors (Lipinski definition) is 0. The van der Waals surface area contributed by atoms with Gasteiger partial charge in [-0.05, 0) is 52.0 Å². The van der Waals surface area contributed by atoms with Crippen molar-refractivity contribution in [2.45, 2.75) is 53.0 Å². The number of benzene rings is 2. The van der Waals surface area contributed by atoms with Gasteiger partial charge in [0.2, 0.25) is 18.9 Å². The summed E-state index contributed by atoms with van der Waals surface area (Å²) < 4.78 is 11.5. The van der Waals surface area contributed by atoms with E-state index < -0.39 is 28.7 Å². The highest BCUT2D eigenvalue weighted by Crippen LogP contribution is 2.33. The molecule has 0 saturated heterocycles. The second-order valence-electron chi connectivity index (χ2n) is 7.23. The average molecular weight is 416 g/mol. The van der Waals surface area contributed by atoms with E-state index >= 15 is 0 Å². The molecule has 0 amide bonds. The third kappa shape index (κ3) is 5.76. The van der Waals surface area contributed by atoms with E-state index in [4.69, 9.17) is 9.47 Å². The predicted octanol–water partition coefficient (Wildman–Crippen LogP) is 4.05. The second kappa shape index (κ2) is 9.82. The third-order valence-corrected chi connectivity index (χ3v) is 3.99. The molecule has 0 aliphatic carbocycles. The van der Waals surface area contributed by atoms with Crippen LogP contribution in [0.1, 0.15) is 54.7 Å². The minimum Gasteiger partial charge on any atom is -0.490 e. The molecule has 30 heavy (non-hydrogen) atoms. The molecule has 9 nitrogen and oxygen atoms in total. The number of carbonyl (C=O) groups excluding carboxylic acids is 1. The smallest absolute Gasteiger partial charge is 0.232 e. The van der Waals surface area contributed by atoms with E-state index in [0.29, 0.717) is 0 Å². The Labute approximate surface area is 173 Å². The molecule has 2 aromatic rings. The highest BCUT2D eigenvalue weighted by atomic mass is 16.6. The standard InChI is InChI=1S/C21H24N2O7/c1-13(2)29-20-15(11-22(25)26)7-5-9-17(20)19(24)18-10-6-8-16(12-23(27)28)21(18)30-14(3)4/h5-10,13-14H,11-12H2,1-4H3. The maximum Gasteiger partial charge on any atom is 0.232 e. The summed E-state index contributed by atoms with van der Waals surface area (Å²) in [5.74, 6) is -0.231. The molecule has 0 saturated carbocycles. The molecule has 0 bridgehead atoms. The molecule has 0 radical (unpaired) electrons. The molecule has 0 N–H and O–H groups in total. The fraction of sp³-hybridized carbons (Fsp3) is 0.381. The molecule has 0 aliphatic heterocycles.